The van der Waals surface area contributed by atoms with Crippen molar-refractivity contribution in [1.82, 2.24) is 0 Å². The van der Waals surface area contributed by atoms with Crippen LogP contribution >= 0.6 is 0 Å². The van der Waals surface area contributed by atoms with Gasteiger partial charge in [-0.1, -0.05) is 123 Å². The molecule has 0 aliphatic rings. The van der Waals surface area contributed by atoms with Gasteiger partial charge >= 0.3 is 57.4 Å². The summed E-state index contributed by atoms with van der Waals surface area (Å²) in [6.45, 7) is 4.41. The zero-order chi connectivity index (χ0) is 27.1. The first-order valence-electron chi connectivity index (χ1n) is 14.6. The van der Waals surface area contributed by atoms with E-state index in [1.165, 1.54) is 83.5 Å². The molecule has 0 radical (unpaired) electrons. The van der Waals surface area contributed by atoms with Gasteiger partial charge in [0, 0.05) is 12.4 Å². The van der Waals surface area contributed by atoms with E-state index >= 15 is 0 Å². The van der Waals surface area contributed by atoms with Crippen LogP contribution in [-0.2, 0) is 24.4 Å². The van der Waals surface area contributed by atoms with Gasteiger partial charge in [-0.25, -0.2) is 0 Å². The number of aliphatic carboxylic acids is 1. The first kappa shape index (κ1) is 39.6. The van der Waals surface area contributed by atoms with Crippen molar-refractivity contribution in [3.63, 3.8) is 0 Å². The van der Waals surface area contributed by atoms with Crippen molar-refractivity contribution in [2.45, 2.75) is 166 Å². The number of ether oxygens (including phenoxy) is 1. The van der Waals surface area contributed by atoms with Gasteiger partial charge in [-0.2, -0.15) is 8.42 Å². The van der Waals surface area contributed by atoms with E-state index in [1.807, 2.05) is 0 Å². The number of carbonyl (C=O) groups is 2. The molecule has 214 valence electrons. The average Bonchev–Trinajstić information content (AvgIpc) is 2.81. The summed E-state index contributed by atoms with van der Waals surface area (Å²) in [5.41, 5.74) is 0. The number of carboxylic acids is 1. The van der Waals surface area contributed by atoms with Crippen LogP contribution in [0.25, 0.3) is 0 Å². The summed E-state index contributed by atoms with van der Waals surface area (Å²) < 4.78 is 37.7. The summed E-state index contributed by atoms with van der Waals surface area (Å²) in [7, 11) is -4.89. The van der Waals surface area contributed by atoms with Crippen LogP contribution in [-0.4, -0.2) is 36.3 Å². The van der Waals surface area contributed by atoms with E-state index in [-0.39, 0.29) is 51.4 Å². The molecule has 0 aliphatic carbocycles. The molecule has 0 amide bonds. The Bertz CT molecular complexity index is 655. The Morgan fingerprint density at radius 3 is 1.30 bits per heavy atom. The molecule has 2 atom stereocenters. The van der Waals surface area contributed by atoms with Crippen LogP contribution in [0.4, 0.5) is 0 Å². The third-order valence-corrected chi connectivity index (χ3v) is 7.84. The van der Waals surface area contributed by atoms with E-state index in [1.54, 1.807) is 0 Å². The summed E-state index contributed by atoms with van der Waals surface area (Å²) in [6.07, 6.45) is 22.1. The van der Waals surface area contributed by atoms with Gasteiger partial charge in [-0.05, 0) is 25.7 Å². The summed E-state index contributed by atoms with van der Waals surface area (Å²) >= 11 is 0. The van der Waals surface area contributed by atoms with Crippen molar-refractivity contribution in [3.8, 4) is 0 Å². The second-order valence-electron chi connectivity index (χ2n) is 10.2. The van der Waals surface area contributed by atoms with E-state index in [0.717, 1.165) is 38.5 Å². The summed E-state index contributed by atoms with van der Waals surface area (Å²) in [5, 5.41) is 8.73. The minimum absolute atomic E-state index is 0. The van der Waals surface area contributed by atoms with Crippen LogP contribution < -0.4 is 56.5 Å². The molecule has 0 heterocycles. The number of rotatable bonds is 26. The van der Waals surface area contributed by atoms with E-state index in [2.05, 4.69) is 13.8 Å². The monoisotopic (exact) mass is 572 g/mol. The van der Waals surface area contributed by atoms with Gasteiger partial charge in [0.1, 0.15) is 6.10 Å². The Kier molecular flexibility index (Phi) is 28.6. The van der Waals surface area contributed by atoms with Crippen molar-refractivity contribution in [2.24, 2.45) is 0 Å². The predicted molar refractivity (Wildman–Crippen MR) is 143 cm³/mol. The number of esters is 1. The predicted octanol–water partition coefficient (Wildman–Crippen LogP) is 3.53. The molecule has 37 heavy (non-hydrogen) atoms. The van der Waals surface area contributed by atoms with E-state index in [9.17, 15) is 27.7 Å². The zero-order valence-electron chi connectivity index (χ0n) is 24.0. The molecule has 9 heteroatoms. The molecular formula is C28H53KO7S. The molecule has 7 nitrogen and oxygen atoms in total. The van der Waals surface area contributed by atoms with E-state index in [0.29, 0.717) is 12.8 Å². The van der Waals surface area contributed by atoms with Crippen molar-refractivity contribution in [2.75, 3.05) is 0 Å². The molecule has 0 fully saturated rings. The van der Waals surface area contributed by atoms with Crippen molar-refractivity contribution < 1.29 is 83.8 Å². The molecule has 0 aromatic carbocycles. The van der Waals surface area contributed by atoms with Crippen molar-refractivity contribution in [3.05, 3.63) is 0 Å². The number of carboxylic acid groups (broad SMARTS) is 1. The molecule has 1 N–H and O–H groups in total. The summed E-state index contributed by atoms with van der Waals surface area (Å²) in [4.78, 5) is 23.3. The molecular weight excluding hydrogens is 519 g/mol. The van der Waals surface area contributed by atoms with Gasteiger partial charge in [-0.3, -0.25) is 9.35 Å². The third kappa shape index (κ3) is 25.2. The van der Waals surface area contributed by atoms with Crippen LogP contribution in [0.2, 0.25) is 0 Å². The first-order chi connectivity index (χ1) is 17.2. The maximum Gasteiger partial charge on any atom is 1.00 e. The third-order valence-electron chi connectivity index (χ3n) is 6.77. The average molecular weight is 573 g/mol. The largest absolute Gasteiger partial charge is 1.00 e. The van der Waals surface area contributed by atoms with Crippen molar-refractivity contribution in [1.29, 1.82) is 0 Å². The van der Waals surface area contributed by atoms with Gasteiger partial charge in [-0.15, -0.1) is 0 Å². The zero-order valence-corrected chi connectivity index (χ0v) is 28.0. The first-order valence-corrected chi connectivity index (χ1v) is 16.1. The standard InChI is InChI=1S/C28H54O7S.K/c1-3-5-7-9-11-12-13-14-15-17-19-21-23-25(22-20-18-16-10-8-6-4-2)35-28(31)26(24-27(29)30)36(32,33)34;/h25-26H,3-24H2,1-2H3,(H,29,30)(H,32,33,34);/q;+1/p-1. The van der Waals surface area contributed by atoms with E-state index < -0.39 is 39.8 Å². The van der Waals surface area contributed by atoms with Gasteiger partial charge in [0.15, 0.2) is 5.25 Å². The topological polar surface area (TPSA) is 121 Å². The molecule has 0 saturated carbocycles. The molecule has 0 bridgehead atoms. The number of carbonyl (C=O) groups excluding carboxylic acids is 2. The van der Waals surface area contributed by atoms with Crippen LogP contribution in [0, 0.1) is 0 Å². The smallest absolute Gasteiger partial charge is 0.550 e. The van der Waals surface area contributed by atoms with Gasteiger partial charge in [0.2, 0.25) is 0 Å². The van der Waals surface area contributed by atoms with Crippen LogP contribution in [0.1, 0.15) is 155 Å². The minimum atomic E-state index is -4.89. The second-order valence-corrected chi connectivity index (χ2v) is 11.8. The summed E-state index contributed by atoms with van der Waals surface area (Å²) in [6, 6.07) is 0. The minimum Gasteiger partial charge on any atom is -0.550 e. The Labute approximate surface area is 269 Å². The quantitative estimate of drug-likeness (QED) is 0.0728. The number of hydrogen-bond acceptors (Lipinski definition) is 6. The normalized spacial score (nSPS) is 13.1. The van der Waals surface area contributed by atoms with Crippen LogP contribution in [0.15, 0.2) is 0 Å². The van der Waals surface area contributed by atoms with Gasteiger partial charge < -0.3 is 14.6 Å². The molecule has 0 spiro atoms. The van der Waals surface area contributed by atoms with Crippen LogP contribution in [0.5, 0.6) is 0 Å². The van der Waals surface area contributed by atoms with Crippen molar-refractivity contribution >= 4 is 22.1 Å². The van der Waals surface area contributed by atoms with Gasteiger partial charge in [0.05, 0.1) is 0 Å². The van der Waals surface area contributed by atoms with Gasteiger partial charge in [0.25, 0.3) is 10.1 Å². The second kappa shape index (κ2) is 26.7. The number of hydrogen-bond donors (Lipinski definition) is 1. The molecule has 0 aromatic rings. The SMILES string of the molecule is CCCCCCCCCCCCCCC(CCCCCCCCC)OC(=O)C(CC(=O)[O-])S(=O)(=O)O.[K+]. The van der Waals surface area contributed by atoms with E-state index in [4.69, 9.17) is 4.74 Å². The Balaban J connectivity index is 0. The fraction of sp³-hybridized carbons (Fsp3) is 0.929. The molecule has 0 aromatic heterocycles. The molecule has 0 saturated heterocycles. The fourth-order valence-electron chi connectivity index (χ4n) is 4.51. The maximum atomic E-state index is 12.4. The Morgan fingerprint density at radius 1 is 0.676 bits per heavy atom. The molecule has 0 aliphatic heterocycles. The van der Waals surface area contributed by atoms with Crippen LogP contribution in [0.3, 0.4) is 0 Å². The fourth-order valence-corrected chi connectivity index (χ4v) is 5.15. The molecule has 0 rings (SSSR count). The number of unbranched alkanes of at least 4 members (excludes halogenated alkanes) is 17. The molecule has 2 unspecified atom stereocenters. The maximum absolute atomic E-state index is 12.4. The Hall–Kier alpha value is 0.486. The summed E-state index contributed by atoms with van der Waals surface area (Å²) in [5.74, 6) is -2.92. The Morgan fingerprint density at radius 2 is 1.00 bits per heavy atom.